The van der Waals surface area contributed by atoms with E-state index in [-0.39, 0.29) is 5.91 Å². The summed E-state index contributed by atoms with van der Waals surface area (Å²) in [6.07, 6.45) is 6.23. The van der Waals surface area contributed by atoms with Crippen LogP contribution in [0.25, 0.3) is 0 Å². The van der Waals surface area contributed by atoms with Gasteiger partial charge in [0.2, 0.25) is 0 Å². The van der Waals surface area contributed by atoms with E-state index >= 15 is 0 Å². The molecule has 0 bridgehead atoms. The van der Waals surface area contributed by atoms with Crippen molar-refractivity contribution in [2.75, 3.05) is 13.1 Å². The minimum atomic E-state index is 0.163. The Morgan fingerprint density at radius 1 is 1.14 bits per heavy atom. The molecule has 0 atom stereocenters. The molecule has 2 heterocycles. The highest BCUT2D eigenvalue weighted by atomic mass is 32.2. The number of rotatable bonds is 4. The standard InChI is InChI=1S/C16H20N4OS/c21-15(20-9-3-1-2-4-10-20)14-7-5-13(6-8-14)11-22-16-17-12-18-19-16/h5-8,12H,1-4,9-11H2,(H,17,18,19). The van der Waals surface area contributed by atoms with E-state index in [1.807, 2.05) is 29.2 Å². The second kappa shape index (κ2) is 7.45. The average molecular weight is 316 g/mol. The van der Waals surface area contributed by atoms with Crippen molar-refractivity contribution >= 4 is 17.7 Å². The summed E-state index contributed by atoms with van der Waals surface area (Å²) in [7, 11) is 0. The van der Waals surface area contributed by atoms with Crippen molar-refractivity contribution in [2.24, 2.45) is 0 Å². The average Bonchev–Trinajstić information content (AvgIpc) is 2.93. The molecular formula is C16H20N4OS. The Morgan fingerprint density at radius 3 is 2.50 bits per heavy atom. The zero-order valence-electron chi connectivity index (χ0n) is 12.5. The number of nitrogens with one attached hydrogen (secondary N) is 1. The molecule has 0 aliphatic carbocycles. The number of amides is 1. The first-order valence-electron chi connectivity index (χ1n) is 7.69. The van der Waals surface area contributed by atoms with E-state index in [1.54, 1.807) is 11.8 Å². The van der Waals surface area contributed by atoms with Gasteiger partial charge in [-0.1, -0.05) is 36.7 Å². The van der Waals surface area contributed by atoms with Gasteiger partial charge in [-0.25, -0.2) is 4.98 Å². The third-order valence-corrected chi connectivity index (χ3v) is 4.81. The first-order valence-corrected chi connectivity index (χ1v) is 8.68. The van der Waals surface area contributed by atoms with Crippen molar-refractivity contribution in [3.63, 3.8) is 0 Å². The SMILES string of the molecule is O=C(c1ccc(CSc2ncn[nH]2)cc1)N1CCCCCC1. The number of hydrogen-bond donors (Lipinski definition) is 1. The first-order chi connectivity index (χ1) is 10.8. The zero-order valence-corrected chi connectivity index (χ0v) is 13.3. The zero-order chi connectivity index (χ0) is 15.2. The van der Waals surface area contributed by atoms with Crippen molar-refractivity contribution in [1.82, 2.24) is 20.1 Å². The monoisotopic (exact) mass is 316 g/mol. The lowest BCUT2D eigenvalue weighted by molar-refractivity contribution is 0.0761. The van der Waals surface area contributed by atoms with Crippen LogP contribution in [0.4, 0.5) is 0 Å². The molecule has 1 N–H and O–H groups in total. The molecule has 1 aromatic heterocycles. The summed E-state index contributed by atoms with van der Waals surface area (Å²) in [4.78, 5) is 18.6. The van der Waals surface area contributed by atoms with E-state index in [1.165, 1.54) is 24.7 Å². The summed E-state index contributed by atoms with van der Waals surface area (Å²) in [5.74, 6) is 0.976. The normalized spacial score (nSPS) is 15.5. The molecule has 6 heteroatoms. The number of aromatic nitrogens is 3. The first kappa shape index (κ1) is 15.1. The van der Waals surface area contributed by atoms with Crippen LogP contribution in [0.2, 0.25) is 0 Å². The number of thioether (sulfide) groups is 1. The summed E-state index contributed by atoms with van der Waals surface area (Å²) >= 11 is 1.60. The van der Waals surface area contributed by atoms with Crippen LogP contribution in [-0.2, 0) is 5.75 Å². The summed E-state index contributed by atoms with van der Waals surface area (Å²) in [6, 6.07) is 7.91. The molecule has 116 valence electrons. The molecule has 0 unspecified atom stereocenters. The Kier molecular flexibility index (Phi) is 5.11. The van der Waals surface area contributed by atoms with Gasteiger partial charge >= 0.3 is 0 Å². The lowest BCUT2D eigenvalue weighted by Gasteiger charge is -2.20. The Balaban J connectivity index is 1.59. The third kappa shape index (κ3) is 3.88. The molecule has 2 aromatic rings. The third-order valence-electron chi connectivity index (χ3n) is 3.86. The van der Waals surface area contributed by atoms with Crippen molar-refractivity contribution in [3.05, 3.63) is 41.7 Å². The quantitative estimate of drug-likeness (QED) is 0.880. The van der Waals surface area contributed by atoms with Crippen molar-refractivity contribution < 1.29 is 4.79 Å². The van der Waals surface area contributed by atoms with Crippen LogP contribution in [0.1, 0.15) is 41.6 Å². The maximum atomic E-state index is 12.5. The highest BCUT2D eigenvalue weighted by molar-refractivity contribution is 7.98. The maximum Gasteiger partial charge on any atom is 0.253 e. The lowest BCUT2D eigenvalue weighted by Crippen LogP contribution is -2.31. The molecular weight excluding hydrogens is 296 g/mol. The minimum absolute atomic E-state index is 0.163. The molecule has 0 spiro atoms. The number of hydrogen-bond acceptors (Lipinski definition) is 4. The Bertz CT molecular complexity index is 589. The summed E-state index contributed by atoms with van der Waals surface area (Å²) in [5, 5.41) is 7.46. The molecule has 0 saturated carbocycles. The molecule has 22 heavy (non-hydrogen) atoms. The van der Waals surface area contributed by atoms with Crippen LogP contribution in [0.5, 0.6) is 0 Å². The predicted octanol–water partition coefficient (Wildman–Crippen LogP) is 3.11. The van der Waals surface area contributed by atoms with Crippen LogP contribution in [0.15, 0.2) is 35.7 Å². The second-order valence-electron chi connectivity index (χ2n) is 5.48. The van der Waals surface area contributed by atoms with Gasteiger partial charge in [0.15, 0.2) is 5.16 Å². The van der Waals surface area contributed by atoms with Gasteiger partial charge in [0.25, 0.3) is 5.91 Å². The number of carbonyl (C=O) groups is 1. The van der Waals surface area contributed by atoms with E-state index in [2.05, 4.69) is 15.2 Å². The summed E-state index contributed by atoms with van der Waals surface area (Å²) in [5.41, 5.74) is 1.96. The van der Waals surface area contributed by atoms with Crippen LogP contribution >= 0.6 is 11.8 Å². The molecule has 3 rings (SSSR count). The van der Waals surface area contributed by atoms with Gasteiger partial charge in [0.1, 0.15) is 6.33 Å². The van der Waals surface area contributed by atoms with Crippen LogP contribution in [0, 0.1) is 0 Å². The number of benzene rings is 1. The van der Waals surface area contributed by atoms with Crippen LogP contribution < -0.4 is 0 Å². The van der Waals surface area contributed by atoms with Crippen molar-refractivity contribution in [1.29, 1.82) is 0 Å². The van der Waals surface area contributed by atoms with E-state index in [0.717, 1.165) is 42.4 Å². The molecule has 1 aliphatic rings. The summed E-state index contributed by atoms with van der Waals surface area (Å²) < 4.78 is 0. The Hall–Kier alpha value is -1.82. The van der Waals surface area contributed by atoms with E-state index < -0.39 is 0 Å². The molecule has 1 fully saturated rings. The topological polar surface area (TPSA) is 61.9 Å². The number of nitrogens with zero attached hydrogens (tertiary/aromatic N) is 3. The van der Waals surface area contributed by atoms with Gasteiger partial charge in [-0.15, -0.1) is 0 Å². The van der Waals surface area contributed by atoms with E-state index in [0.29, 0.717) is 0 Å². The lowest BCUT2D eigenvalue weighted by atomic mass is 10.1. The largest absolute Gasteiger partial charge is 0.339 e. The Labute approximate surface area is 134 Å². The fourth-order valence-corrected chi connectivity index (χ4v) is 3.35. The summed E-state index contributed by atoms with van der Waals surface area (Å²) in [6.45, 7) is 1.78. The number of aromatic amines is 1. The van der Waals surface area contributed by atoms with Crippen LogP contribution in [-0.4, -0.2) is 39.1 Å². The smallest absolute Gasteiger partial charge is 0.253 e. The Morgan fingerprint density at radius 2 is 1.86 bits per heavy atom. The van der Waals surface area contributed by atoms with Crippen molar-refractivity contribution in [3.8, 4) is 0 Å². The number of likely N-dealkylation sites (tertiary alicyclic amines) is 1. The fourth-order valence-electron chi connectivity index (χ4n) is 2.62. The molecule has 1 aliphatic heterocycles. The highest BCUT2D eigenvalue weighted by Crippen LogP contribution is 2.19. The van der Waals surface area contributed by atoms with Gasteiger partial charge in [0, 0.05) is 24.4 Å². The highest BCUT2D eigenvalue weighted by Gasteiger charge is 2.16. The van der Waals surface area contributed by atoms with Gasteiger partial charge < -0.3 is 4.90 Å². The second-order valence-corrected chi connectivity index (χ2v) is 6.45. The van der Waals surface area contributed by atoms with Gasteiger partial charge in [-0.2, -0.15) is 5.10 Å². The molecule has 1 saturated heterocycles. The number of H-pyrrole nitrogens is 1. The van der Waals surface area contributed by atoms with Gasteiger partial charge in [0.05, 0.1) is 0 Å². The predicted molar refractivity (Wildman–Crippen MR) is 86.8 cm³/mol. The minimum Gasteiger partial charge on any atom is -0.339 e. The van der Waals surface area contributed by atoms with Crippen LogP contribution in [0.3, 0.4) is 0 Å². The van der Waals surface area contributed by atoms with E-state index in [9.17, 15) is 4.79 Å². The molecule has 5 nitrogen and oxygen atoms in total. The molecule has 1 amide bonds. The van der Waals surface area contributed by atoms with Crippen molar-refractivity contribution in [2.45, 2.75) is 36.6 Å². The van der Waals surface area contributed by atoms with E-state index in [4.69, 9.17) is 0 Å². The molecule has 1 aromatic carbocycles. The number of carbonyl (C=O) groups excluding carboxylic acids is 1. The maximum absolute atomic E-state index is 12.5. The van der Waals surface area contributed by atoms with Gasteiger partial charge in [-0.3, -0.25) is 9.89 Å². The van der Waals surface area contributed by atoms with Gasteiger partial charge in [-0.05, 0) is 30.5 Å². The molecule has 0 radical (unpaired) electrons. The fraction of sp³-hybridized carbons (Fsp3) is 0.438.